The first kappa shape index (κ1) is 24.8. The summed E-state index contributed by atoms with van der Waals surface area (Å²) in [5, 5.41) is 13.0. The Hall–Kier alpha value is -3.36. The summed E-state index contributed by atoms with van der Waals surface area (Å²) in [4.78, 5) is 12.8. The molecule has 0 aliphatic carbocycles. The number of halogens is 2. The normalized spacial score (nSPS) is 11.8. The molecule has 0 aliphatic heterocycles. The van der Waals surface area contributed by atoms with E-state index in [2.05, 4.69) is 15.5 Å². The molecule has 0 fully saturated rings. The average Bonchev–Trinajstić information content (AvgIpc) is 3.28. The fraction of sp³-hybridized carbons (Fsp3) is 0.192. The van der Waals surface area contributed by atoms with Gasteiger partial charge in [0.05, 0.1) is 18.8 Å². The third kappa shape index (κ3) is 5.83. The van der Waals surface area contributed by atoms with Crippen LogP contribution in [0.1, 0.15) is 40.3 Å². The van der Waals surface area contributed by atoms with Crippen LogP contribution in [0.4, 0.5) is 4.39 Å². The molecule has 3 aromatic carbocycles. The summed E-state index contributed by atoms with van der Waals surface area (Å²) in [7, 11) is 1.64. The number of rotatable bonds is 8. The van der Waals surface area contributed by atoms with E-state index in [1.54, 1.807) is 7.11 Å². The minimum Gasteiger partial charge on any atom is -0.497 e. The molecular formula is C26H24ClFN4O2S. The van der Waals surface area contributed by atoms with Gasteiger partial charge in [0.2, 0.25) is 0 Å². The molecule has 4 aromatic rings. The van der Waals surface area contributed by atoms with Gasteiger partial charge in [0, 0.05) is 16.3 Å². The molecule has 0 spiro atoms. The number of benzene rings is 3. The second-order valence-electron chi connectivity index (χ2n) is 7.95. The van der Waals surface area contributed by atoms with Crippen molar-refractivity contribution < 1.29 is 13.9 Å². The fourth-order valence-electron chi connectivity index (χ4n) is 3.56. The molecule has 0 saturated carbocycles. The maximum absolute atomic E-state index is 13.3. The van der Waals surface area contributed by atoms with Gasteiger partial charge in [-0.1, -0.05) is 41.6 Å². The molecule has 0 saturated heterocycles. The number of hydrogen-bond acceptors (Lipinski definition) is 5. The Bertz CT molecular complexity index is 1340. The summed E-state index contributed by atoms with van der Waals surface area (Å²) in [6.45, 7) is 3.81. The van der Waals surface area contributed by atoms with Crippen LogP contribution in [-0.2, 0) is 5.75 Å². The van der Waals surface area contributed by atoms with E-state index in [0.29, 0.717) is 27.3 Å². The van der Waals surface area contributed by atoms with Crippen molar-refractivity contribution in [2.24, 2.45) is 0 Å². The van der Waals surface area contributed by atoms with E-state index in [0.717, 1.165) is 22.6 Å². The summed E-state index contributed by atoms with van der Waals surface area (Å²) in [5.41, 5.74) is 3.24. The summed E-state index contributed by atoms with van der Waals surface area (Å²) < 4.78 is 20.5. The zero-order valence-electron chi connectivity index (χ0n) is 19.5. The molecule has 1 aromatic heterocycles. The largest absolute Gasteiger partial charge is 0.497 e. The van der Waals surface area contributed by atoms with Crippen molar-refractivity contribution in [2.45, 2.75) is 30.8 Å². The molecule has 4 rings (SSSR count). The Morgan fingerprint density at radius 2 is 1.91 bits per heavy atom. The number of thioether (sulfide) groups is 1. The lowest BCUT2D eigenvalue weighted by molar-refractivity contribution is 0.0938. The Morgan fingerprint density at radius 1 is 1.14 bits per heavy atom. The van der Waals surface area contributed by atoms with E-state index in [4.69, 9.17) is 16.3 Å². The molecule has 1 heterocycles. The van der Waals surface area contributed by atoms with Gasteiger partial charge in [-0.2, -0.15) is 0 Å². The SMILES string of the molecule is COc1cccc(CSc2nnc(C(C)NC(=O)c3ccc(F)cc3)n2-c2cc(Cl)ccc2C)c1. The predicted octanol–water partition coefficient (Wildman–Crippen LogP) is 6.16. The zero-order valence-corrected chi connectivity index (χ0v) is 21.0. The summed E-state index contributed by atoms with van der Waals surface area (Å²) in [6.07, 6.45) is 0. The summed E-state index contributed by atoms with van der Waals surface area (Å²) in [5.74, 6) is 1.25. The van der Waals surface area contributed by atoms with Crippen molar-refractivity contribution in [1.29, 1.82) is 0 Å². The Morgan fingerprint density at radius 3 is 2.66 bits per heavy atom. The van der Waals surface area contributed by atoms with Crippen LogP contribution in [0, 0.1) is 12.7 Å². The van der Waals surface area contributed by atoms with Crippen LogP contribution in [0.3, 0.4) is 0 Å². The molecule has 0 bridgehead atoms. The molecule has 1 atom stereocenters. The number of carbonyl (C=O) groups is 1. The number of carbonyl (C=O) groups excluding carboxylic acids is 1. The van der Waals surface area contributed by atoms with E-state index in [9.17, 15) is 9.18 Å². The molecule has 1 amide bonds. The van der Waals surface area contributed by atoms with Crippen molar-refractivity contribution >= 4 is 29.3 Å². The predicted molar refractivity (Wildman–Crippen MR) is 136 cm³/mol. The second-order valence-corrected chi connectivity index (χ2v) is 9.33. The van der Waals surface area contributed by atoms with Gasteiger partial charge in [-0.15, -0.1) is 10.2 Å². The van der Waals surface area contributed by atoms with Gasteiger partial charge in [0.25, 0.3) is 5.91 Å². The van der Waals surface area contributed by atoms with Gasteiger partial charge in [-0.3, -0.25) is 9.36 Å². The molecule has 35 heavy (non-hydrogen) atoms. The Balaban J connectivity index is 1.66. The lowest BCUT2D eigenvalue weighted by atomic mass is 10.1. The van der Waals surface area contributed by atoms with Crippen molar-refractivity contribution in [2.75, 3.05) is 7.11 Å². The lowest BCUT2D eigenvalue weighted by Crippen LogP contribution is -2.28. The van der Waals surface area contributed by atoms with E-state index in [1.165, 1.54) is 36.0 Å². The van der Waals surface area contributed by atoms with Crippen LogP contribution in [0.25, 0.3) is 5.69 Å². The highest BCUT2D eigenvalue weighted by Gasteiger charge is 2.23. The van der Waals surface area contributed by atoms with Gasteiger partial charge >= 0.3 is 0 Å². The zero-order chi connectivity index (χ0) is 24.9. The number of ether oxygens (including phenoxy) is 1. The lowest BCUT2D eigenvalue weighted by Gasteiger charge is -2.18. The fourth-order valence-corrected chi connectivity index (χ4v) is 4.62. The number of methoxy groups -OCH3 is 1. The second kappa shape index (κ2) is 10.9. The molecule has 6 nitrogen and oxygen atoms in total. The van der Waals surface area contributed by atoms with E-state index in [-0.39, 0.29) is 5.91 Å². The molecule has 1 unspecified atom stereocenters. The third-order valence-electron chi connectivity index (χ3n) is 5.41. The maximum Gasteiger partial charge on any atom is 0.251 e. The number of nitrogens with zero attached hydrogens (tertiary/aromatic N) is 3. The highest BCUT2D eigenvalue weighted by Crippen LogP contribution is 2.31. The van der Waals surface area contributed by atoms with Crippen molar-refractivity contribution in [3.05, 3.63) is 100 Å². The first-order valence-corrected chi connectivity index (χ1v) is 12.3. The van der Waals surface area contributed by atoms with Crippen molar-refractivity contribution in [3.63, 3.8) is 0 Å². The van der Waals surface area contributed by atoms with Crippen LogP contribution in [0.5, 0.6) is 5.75 Å². The monoisotopic (exact) mass is 510 g/mol. The van der Waals surface area contributed by atoms with Crippen molar-refractivity contribution in [1.82, 2.24) is 20.1 Å². The first-order chi connectivity index (χ1) is 16.9. The van der Waals surface area contributed by atoms with Crippen LogP contribution in [0.2, 0.25) is 5.02 Å². The number of aryl methyl sites for hydroxylation is 1. The third-order valence-corrected chi connectivity index (χ3v) is 6.65. The topological polar surface area (TPSA) is 69.0 Å². The number of hydrogen-bond donors (Lipinski definition) is 1. The quantitative estimate of drug-likeness (QED) is 0.287. The number of nitrogens with one attached hydrogen (secondary N) is 1. The Kier molecular flexibility index (Phi) is 7.73. The van der Waals surface area contributed by atoms with Gasteiger partial charge in [-0.05, 0) is 73.5 Å². The molecule has 180 valence electrons. The van der Waals surface area contributed by atoms with Gasteiger partial charge in [0.1, 0.15) is 11.6 Å². The van der Waals surface area contributed by atoms with Gasteiger partial charge < -0.3 is 10.1 Å². The minimum atomic E-state index is -0.482. The van der Waals surface area contributed by atoms with Crippen LogP contribution in [0.15, 0.2) is 71.9 Å². The molecule has 9 heteroatoms. The highest BCUT2D eigenvalue weighted by molar-refractivity contribution is 7.98. The van der Waals surface area contributed by atoms with Crippen LogP contribution < -0.4 is 10.1 Å². The Labute approximate surface area is 212 Å². The van der Waals surface area contributed by atoms with Gasteiger partial charge in [0.15, 0.2) is 11.0 Å². The molecule has 0 radical (unpaired) electrons. The van der Waals surface area contributed by atoms with E-state index < -0.39 is 11.9 Å². The van der Waals surface area contributed by atoms with Gasteiger partial charge in [-0.25, -0.2) is 4.39 Å². The van der Waals surface area contributed by atoms with E-state index >= 15 is 0 Å². The van der Waals surface area contributed by atoms with Crippen molar-refractivity contribution in [3.8, 4) is 11.4 Å². The standard InChI is InChI=1S/C26H24ClFN4O2S/c1-16-7-10-20(27)14-23(16)32-24(17(2)29-25(33)19-8-11-21(28)12-9-19)30-31-26(32)35-15-18-5-4-6-22(13-18)34-3/h4-14,17H,15H2,1-3H3,(H,29,33). The first-order valence-electron chi connectivity index (χ1n) is 10.9. The van der Waals surface area contributed by atoms with Crippen LogP contribution >= 0.6 is 23.4 Å². The average molecular weight is 511 g/mol. The number of amides is 1. The minimum absolute atomic E-state index is 0.333. The number of aromatic nitrogens is 3. The summed E-state index contributed by atoms with van der Waals surface area (Å²) >= 11 is 7.85. The molecule has 0 aliphatic rings. The summed E-state index contributed by atoms with van der Waals surface area (Å²) in [6, 6.07) is 18.4. The molecular weight excluding hydrogens is 487 g/mol. The van der Waals surface area contributed by atoms with Crippen LogP contribution in [-0.4, -0.2) is 27.8 Å². The van der Waals surface area contributed by atoms with E-state index in [1.807, 2.05) is 60.9 Å². The maximum atomic E-state index is 13.3. The molecule has 1 N–H and O–H groups in total. The highest BCUT2D eigenvalue weighted by atomic mass is 35.5. The smallest absolute Gasteiger partial charge is 0.251 e.